The van der Waals surface area contributed by atoms with Crippen molar-refractivity contribution in [2.45, 2.75) is 38.0 Å². The van der Waals surface area contributed by atoms with Gasteiger partial charge in [0, 0.05) is 19.6 Å². The van der Waals surface area contributed by atoms with Crippen molar-refractivity contribution in [2.75, 3.05) is 32.8 Å². The Morgan fingerprint density at radius 2 is 2.00 bits per heavy atom. The topological polar surface area (TPSA) is 93.9 Å². The molecule has 0 aromatic rings. The first-order chi connectivity index (χ1) is 9.61. The summed E-state index contributed by atoms with van der Waals surface area (Å²) in [5, 5.41) is 2.73. The van der Waals surface area contributed by atoms with E-state index >= 15 is 0 Å². The molecule has 2 amide bonds. The van der Waals surface area contributed by atoms with Gasteiger partial charge in [0.15, 0.2) is 0 Å². The van der Waals surface area contributed by atoms with Crippen LogP contribution in [0, 0.1) is 0 Å². The van der Waals surface area contributed by atoms with Gasteiger partial charge in [0.25, 0.3) is 0 Å². The highest BCUT2D eigenvalue weighted by Crippen LogP contribution is 2.19. The molecule has 0 aromatic heterocycles. The molecule has 8 heteroatoms. The average Bonchev–Trinajstić information content (AvgIpc) is 2.96. The molecule has 0 spiro atoms. The number of nitrogens with zero attached hydrogens (tertiary/aromatic N) is 1. The summed E-state index contributed by atoms with van der Waals surface area (Å²) in [7, 11) is 0. The summed E-state index contributed by atoms with van der Waals surface area (Å²) in [4.78, 5) is 25.9. The number of nitrogens with one attached hydrogen (secondary N) is 1. The summed E-state index contributed by atoms with van der Waals surface area (Å²) in [6, 6.07) is -0.541. The normalized spacial score (nSPS) is 26.9. The van der Waals surface area contributed by atoms with Crippen LogP contribution in [-0.2, 0) is 19.1 Å². The lowest BCUT2D eigenvalue weighted by Crippen LogP contribution is -2.52. The third-order valence-corrected chi connectivity index (χ3v) is 3.71. The van der Waals surface area contributed by atoms with Crippen LogP contribution in [0.25, 0.3) is 0 Å². The standard InChI is InChI=1S/C13H23N3O4.ClH/c1-9(13(18)16-4-6-19-7-5-16)15-12(17)11-3-2-10(8-14)20-11;/h9-11H,2-8,14H2,1H3,(H,15,17);1H/t9?,10-,11+;/m1./s1. The molecule has 0 bridgehead atoms. The number of hydrogen-bond acceptors (Lipinski definition) is 5. The van der Waals surface area contributed by atoms with Crippen molar-refractivity contribution in [1.29, 1.82) is 0 Å². The van der Waals surface area contributed by atoms with Gasteiger partial charge in [-0.1, -0.05) is 0 Å². The number of ether oxygens (including phenoxy) is 2. The Bertz CT molecular complexity index is 363. The molecule has 2 saturated heterocycles. The predicted octanol–water partition coefficient (Wildman–Crippen LogP) is -0.722. The largest absolute Gasteiger partial charge is 0.378 e. The van der Waals surface area contributed by atoms with Gasteiger partial charge in [-0.15, -0.1) is 12.4 Å². The van der Waals surface area contributed by atoms with Crippen molar-refractivity contribution in [3.63, 3.8) is 0 Å². The Morgan fingerprint density at radius 1 is 1.33 bits per heavy atom. The Hall–Kier alpha value is -0.890. The Kier molecular flexibility index (Phi) is 7.37. The fourth-order valence-corrected chi connectivity index (χ4v) is 2.50. The zero-order valence-electron chi connectivity index (χ0n) is 12.2. The maximum absolute atomic E-state index is 12.2. The van der Waals surface area contributed by atoms with Gasteiger partial charge in [-0.2, -0.15) is 0 Å². The van der Waals surface area contributed by atoms with Crippen molar-refractivity contribution in [3.05, 3.63) is 0 Å². The van der Waals surface area contributed by atoms with E-state index in [1.165, 1.54) is 0 Å². The van der Waals surface area contributed by atoms with Crippen LogP contribution in [0.1, 0.15) is 19.8 Å². The number of hydrogen-bond donors (Lipinski definition) is 2. The minimum atomic E-state index is -0.541. The number of nitrogens with two attached hydrogens (primary N) is 1. The SMILES string of the molecule is CC(NC(=O)[C@@H]1CC[C@H](CN)O1)C(=O)N1CCOCC1.Cl. The minimum absolute atomic E-state index is 0. The highest BCUT2D eigenvalue weighted by molar-refractivity contribution is 5.89. The maximum atomic E-state index is 12.2. The van der Waals surface area contributed by atoms with Gasteiger partial charge in [-0.3, -0.25) is 9.59 Å². The van der Waals surface area contributed by atoms with Gasteiger partial charge in [-0.25, -0.2) is 0 Å². The lowest BCUT2D eigenvalue weighted by molar-refractivity contribution is -0.142. The van der Waals surface area contributed by atoms with Gasteiger partial charge in [0.1, 0.15) is 12.1 Å². The lowest BCUT2D eigenvalue weighted by Gasteiger charge is -2.29. The molecule has 0 aromatic carbocycles. The molecule has 122 valence electrons. The number of halogens is 1. The van der Waals surface area contributed by atoms with E-state index in [9.17, 15) is 9.59 Å². The molecule has 2 aliphatic heterocycles. The van der Waals surface area contributed by atoms with E-state index < -0.39 is 12.1 Å². The fraction of sp³-hybridized carbons (Fsp3) is 0.846. The second-order valence-electron chi connectivity index (χ2n) is 5.23. The molecule has 2 rings (SSSR count). The first kappa shape index (κ1) is 18.2. The molecule has 0 radical (unpaired) electrons. The van der Waals surface area contributed by atoms with E-state index in [1.807, 2.05) is 0 Å². The minimum Gasteiger partial charge on any atom is -0.378 e. The Balaban J connectivity index is 0.00000220. The van der Waals surface area contributed by atoms with E-state index in [0.717, 1.165) is 6.42 Å². The van der Waals surface area contributed by atoms with E-state index in [0.29, 0.717) is 39.3 Å². The van der Waals surface area contributed by atoms with E-state index in [1.54, 1.807) is 11.8 Å². The van der Waals surface area contributed by atoms with E-state index in [2.05, 4.69) is 5.32 Å². The Morgan fingerprint density at radius 3 is 2.57 bits per heavy atom. The summed E-state index contributed by atoms with van der Waals surface area (Å²) in [6.45, 7) is 4.38. The van der Waals surface area contributed by atoms with Crippen LogP contribution in [0.5, 0.6) is 0 Å². The number of carbonyl (C=O) groups excluding carboxylic acids is 2. The summed E-state index contributed by atoms with van der Waals surface area (Å²) in [5.74, 6) is -0.301. The van der Waals surface area contributed by atoms with Crippen molar-refractivity contribution in [3.8, 4) is 0 Å². The van der Waals surface area contributed by atoms with Crippen LogP contribution in [0.15, 0.2) is 0 Å². The highest BCUT2D eigenvalue weighted by Gasteiger charge is 2.32. The monoisotopic (exact) mass is 321 g/mol. The molecule has 0 saturated carbocycles. The number of carbonyl (C=O) groups is 2. The molecule has 21 heavy (non-hydrogen) atoms. The highest BCUT2D eigenvalue weighted by atomic mass is 35.5. The number of morpholine rings is 1. The zero-order chi connectivity index (χ0) is 14.5. The lowest BCUT2D eigenvalue weighted by atomic mass is 10.1. The maximum Gasteiger partial charge on any atom is 0.249 e. The van der Waals surface area contributed by atoms with Gasteiger partial charge < -0.3 is 25.4 Å². The second kappa shape index (κ2) is 8.53. The molecular formula is C13H24ClN3O4. The third kappa shape index (κ3) is 4.81. The van der Waals surface area contributed by atoms with Gasteiger partial charge in [0.05, 0.1) is 19.3 Å². The predicted molar refractivity (Wildman–Crippen MR) is 79.2 cm³/mol. The van der Waals surface area contributed by atoms with E-state index in [4.69, 9.17) is 15.2 Å². The molecule has 3 atom stereocenters. The second-order valence-corrected chi connectivity index (χ2v) is 5.23. The van der Waals surface area contributed by atoms with Crippen molar-refractivity contribution < 1.29 is 19.1 Å². The zero-order valence-corrected chi connectivity index (χ0v) is 13.1. The van der Waals surface area contributed by atoms with Crippen LogP contribution in [0.2, 0.25) is 0 Å². The van der Waals surface area contributed by atoms with Crippen LogP contribution < -0.4 is 11.1 Å². The van der Waals surface area contributed by atoms with Crippen LogP contribution in [-0.4, -0.2) is 67.8 Å². The van der Waals surface area contributed by atoms with Gasteiger partial charge in [-0.05, 0) is 19.8 Å². The molecule has 0 aliphatic carbocycles. The molecule has 2 fully saturated rings. The fourth-order valence-electron chi connectivity index (χ4n) is 2.50. The molecular weight excluding hydrogens is 298 g/mol. The average molecular weight is 322 g/mol. The van der Waals surface area contributed by atoms with Crippen molar-refractivity contribution >= 4 is 24.2 Å². The number of rotatable bonds is 4. The third-order valence-electron chi connectivity index (χ3n) is 3.71. The molecule has 3 N–H and O–H groups in total. The summed E-state index contributed by atoms with van der Waals surface area (Å²) in [6.07, 6.45) is 0.923. The Labute approximate surface area is 130 Å². The van der Waals surface area contributed by atoms with Gasteiger partial charge >= 0.3 is 0 Å². The van der Waals surface area contributed by atoms with Crippen molar-refractivity contribution in [1.82, 2.24) is 10.2 Å². The molecule has 2 aliphatic rings. The smallest absolute Gasteiger partial charge is 0.249 e. The quantitative estimate of drug-likeness (QED) is 0.712. The van der Waals surface area contributed by atoms with Crippen LogP contribution in [0.3, 0.4) is 0 Å². The van der Waals surface area contributed by atoms with Crippen molar-refractivity contribution in [2.24, 2.45) is 5.73 Å². The molecule has 1 unspecified atom stereocenters. The van der Waals surface area contributed by atoms with E-state index in [-0.39, 0.29) is 30.3 Å². The van der Waals surface area contributed by atoms with Crippen LogP contribution >= 0.6 is 12.4 Å². The van der Waals surface area contributed by atoms with Gasteiger partial charge in [0.2, 0.25) is 11.8 Å². The first-order valence-corrected chi connectivity index (χ1v) is 7.14. The summed E-state index contributed by atoms with van der Waals surface area (Å²) in [5.41, 5.74) is 5.51. The molecule has 2 heterocycles. The van der Waals surface area contributed by atoms with Crippen LogP contribution in [0.4, 0.5) is 0 Å². The molecule has 7 nitrogen and oxygen atoms in total. The number of amides is 2. The summed E-state index contributed by atoms with van der Waals surface area (Å²) < 4.78 is 10.7. The first-order valence-electron chi connectivity index (χ1n) is 7.14. The summed E-state index contributed by atoms with van der Waals surface area (Å²) >= 11 is 0.